The molecule has 1 aromatic carbocycles. The lowest BCUT2D eigenvalue weighted by Gasteiger charge is -2.06. The van der Waals surface area contributed by atoms with Crippen LogP contribution < -0.4 is 10.5 Å². The highest BCUT2D eigenvalue weighted by Crippen LogP contribution is 2.27. The second-order valence-electron chi connectivity index (χ2n) is 3.04. The number of ether oxygens (including phenoxy) is 1. The van der Waals surface area contributed by atoms with Gasteiger partial charge in [0.25, 0.3) is 0 Å². The van der Waals surface area contributed by atoms with Crippen LogP contribution in [0, 0.1) is 0 Å². The van der Waals surface area contributed by atoms with Gasteiger partial charge in [-0.2, -0.15) is 0 Å². The minimum absolute atomic E-state index is 0.655. The standard InChI is InChI=1S/C11H12N2O/c1-14-11-7-8(4-5-9(11)12)10-3-2-6-13-10/h2-7,13H,12H2,1H3. The van der Waals surface area contributed by atoms with Crippen molar-refractivity contribution in [3.8, 4) is 17.0 Å². The Balaban J connectivity index is 2.46. The highest BCUT2D eigenvalue weighted by Gasteiger charge is 2.02. The average molecular weight is 188 g/mol. The van der Waals surface area contributed by atoms with Gasteiger partial charge in [-0.3, -0.25) is 0 Å². The molecule has 0 aliphatic heterocycles. The van der Waals surface area contributed by atoms with Crippen molar-refractivity contribution in [1.82, 2.24) is 4.98 Å². The fourth-order valence-corrected chi connectivity index (χ4v) is 1.39. The quantitative estimate of drug-likeness (QED) is 0.710. The van der Waals surface area contributed by atoms with E-state index in [-0.39, 0.29) is 0 Å². The van der Waals surface area contributed by atoms with Crippen molar-refractivity contribution in [2.45, 2.75) is 0 Å². The molecule has 1 heterocycles. The van der Waals surface area contributed by atoms with Gasteiger partial charge in [0.1, 0.15) is 5.75 Å². The van der Waals surface area contributed by atoms with Gasteiger partial charge in [0.15, 0.2) is 0 Å². The molecule has 2 aromatic rings. The normalized spacial score (nSPS) is 10.1. The smallest absolute Gasteiger partial charge is 0.142 e. The number of aromatic amines is 1. The SMILES string of the molecule is COc1cc(-c2ccc[nH]2)ccc1N. The Hall–Kier alpha value is -1.90. The third-order valence-electron chi connectivity index (χ3n) is 2.14. The molecular weight excluding hydrogens is 176 g/mol. The molecule has 0 aliphatic carbocycles. The van der Waals surface area contributed by atoms with Gasteiger partial charge in [-0.25, -0.2) is 0 Å². The van der Waals surface area contributed by atoms with Crippen LogP contribution >= 0.6 is 0 Å². The third-order valence-corrected chi connectivity index (χ3v) is 2.14. The second kappa shape index (κ2) is 3.46. The minimum Gasteiger partial charge on any atom is -0.495 e. The molecule has 72 valence electrons. The molecule has 3 nitrogen and oxygen atoms in total. The zero-order chi connectivity index (χ0) is 9.97. The first-order valence-corrected chi connectivity index (χ1v) is 4.38. The number of aromatic nitrogens is 1. The van der Waals surface area contributed by atoms with Crippen LogP contribution in [0.1, 0.15) is 0 Å². The van der Waals surface area contributed by atoms with Crippen molar-refractivity contribution in [3.63, 3.8) is 0 Å². The molecule has 0 saturated heterocycles. The van der Waals surface area contributed by atoms with E-state index >= 15 is 0 Å². The summed E-state index contributed by atoms with van der Waals surface area (Å²) in [5.41, 5.74) is 8.50. The summed E-state index contributed by atoms with van der Waals surface area (Å²) in [6.07, 6.45) is 1.89. The molecule has 0 fully saturated rings. The Morgan fingerprint density at radius 1 is 1.29 bits per heavy atom. The number of nitrogens with one attached hydrogen (secondary N) is 1. The van der Waals surface area contributed by atoms with E-state index in [1.807, 2.05) is 36.5 Å². The Bertz CT molecular complexity index is 421. The van der Waals surface area contributed by atoms with Gasteiger partial charge >= 0.3 is 0 Å². The maximum Gasteiger partial charge on any atom is 0.142 e. The number of nitrogen functional groups attached to an aromatic ring is 1. The molecule has 0 atom stereocenters. The molecule has 2 rings (SSSR count). The monoisotopic (exact) mass is 188 g/mol. The van der Waals surface area contributed by atoms with Crippen molar-refractivity contribution in [1.29, 1.82) is 0 Å². The van der Waals surface area contributed by atoms with Crippen LogP contribution in [-0.4, -0.2) is 12.1 Å². The van der Waals surface area contributed by atoms with Crippen molar-refractivity contribution in [2.75, 3.05) is 12.8 Å². The molecule has 0 amide bonds. The molecule has 0 radical (unpaired) electrons. The van der Waals surface area contributed by atoms with Crippen LogP contribution in [0.4, 0.5) is 5.69 Å². The van der Waals surface area contributed by atoms with Crippen molar-refractivity contribution in [3.05, 3.63) is 36.5 Å². The van der Waals surface area contributed by atoms with Crippen LogP contribution in [0.15, 0.2) is 36.5 Å². The van der Waals surface area contributed by atoms with Crippen LogP contribution in [0.5, 0.6) is 5.75 Å². The van der Waals surface area contributed by atoms with Gasteiger partial charge in [0.2, 0.25) is 0 Å². The third kappa shape index (κ3) is 1.44. The van der Waals surface area contributed by atoms with Gasteiger partial charge in [-0.05, 0) is 24.3 Å². The maximum absolute atomic E-state index is 5.72. The summed E-state index contributed by atoms with van der Waals surface area (Å²) in [7, 11) is 1.62. The lowest BCUT2D eigenvalue weighted by Crippen LogP contribution is -1.92. The van der Waals surface area contributed by atoms with Gasteiger partial charge in [-0.1, -0.05) is 6.07 Å². The number of methoxy groups -OCH3 is 1. The zero-order valence-electron chi connectivity index (χ0n) is 7.95. The van der Waals surface area contributed by atoms with E-state index < -0.39 is 0 Å². The largest absolute Gasteiger partial charge is 0.495 e. The van der Waals surface area contributed by atoms with Crippen molar-refractivity contribution >= 4 is 5.69 Å². The molecule has 0 bridgehead atoms. The summed E-state index contributed by atoms with van der Waals surface area (Å²) in [5.74, 6) is 0.706. The number of anilines is 1. The summed E-state index contributed by atoms with van der Waals surface area (Å²) in [6, 6.07) is 9.68. The van der Waals surface area contributed by atoms with Crippen LogP contribution in [0.3, 0.4) is 0 Å². The Kier molecular flexibility index (Phi) is 2.14. The minimum atomic E-state index is 0.655. The lowest BCUT2D eigenvalue weighted by molar-refractivity contribution is 0.417. The van der Waals surface area contributed by atoms with E-state index in [0.717, 1.165) is 11.3 Å². The Morgan fingerprint density at radius 2 is 2.14 bits per heavy atom. The first-order valence-electron chi connectivity index (χ1n) is 4.38. The topological polar surface area (TPSA) is 51.0 Å². The molecular formula is C11H12N2O. The predicted molar refractivity (Wildman–Crippen MR) is 57.2 cm³/mol. The highest BCUT2D eigenvalue weighted by molar-refractivity contribution is 5.67. The zero-order valence-corrected chi connectivity index (χ0v) is 7.95. The fraction of sp³-hybridized carbons (Fsp3) is 0.0909. The molecule has 0 saturated carbocycles. The first-order chi connectivity index (χ1) is 6.81. The fourth-order valence-electron chi connectivity index (χ4n) is 1.39. The van der Waals surface area contributed by atoms with Crippen LogP contribution in [-0.2, 0) is 0 Å². The molecule has 14 heavy (non-hydrogen) atoms. The molecule has 0 aliphatic rings. The molecule has 3 N–H and O–H groups in total. The predicted octanol–water partition coefficient (Wildman–Crippen LogP) is 2.27. The number of H-pyrrole nitrogens is 1. The maximum atomic E-state index is 5.72. The van der Waals surface area contributed by atoms with Crippen LogP contribution in [0.25, 0.3) is 11.3 Å². The molecule has 1 aromatic heterocycles. The number of hydrogen-bond acceptors (Lipinski definition) is 2. The number of hydrogen-bond donors (Lipinski definition) is 2. The van der Waals surface area contributed by atoms with Gasteiger partial charge < -0.3 is 15.5 Å². The Labute approximate surface area is 82.5 Å². The van der Waals surface area contributed by atoms with E-state index in [2.05, 4.69) is 4.98 Å². The van der Waals surface area contributed by atoms with Gasteiger partial charge in [0, 0.05) is 17.5 Å². The number of rotatable bonds is 2. The molecule has 0 spiro atoms. The highest BCUT2D eigenvalue weighted by atomic mass is 16.5. The number of nitrogens with two attached hydrogens (primary N) is 1. The van der Waals surface area contributed by atoms with E-state index in [1.54, 1.807) is 7.11 Å². The Morgan fingerprint density at radius 3 is 2.79 bits per heavy atom. The van der Waals surface area contributed by atoms with Gasteiger partial charge in [-0.15, -0.1) is 0 Å². The summed E-state index contributed by atoms with van der Waals surface area (Å²) in [4.78, 5) is 3.13. The van der Waals surface area contributed by atoms with Crippen LogP contribution in [0.2, 0.25) is 0 Å². The van der Waals surface area contributed by atoms with Crippen molar-refractivity contribution in [2.24, 2.45) is 0 Å². The van der Waals surface area contributed by atoms with Gasteiger partial charge in [0.05, 0.1) is 12.8 Å². The van der Waals surface area contributed by atoms with E-state index in [1.165, 1.54) is 0 Å². The van der Waals surface area contributed by atoms with E-state index in [9.17, 15) is 0 Å². The van der Waals surface area contributed by atoms with E-state index in [4.69, 9.17) is 10.5 Å². The molecule has 0 unspecified atom stereocenters. The number of benzene rings is 1. The molecule has 3 heteroatoms. The first kappa shape index (κ1) is 8.69. The second-order valence-corrected chi connectivity index (χ2v) is 3.04. The summed E-state index contributed by atoms with van der Waals surface area (Å²) in [6.45, 7) is 0. The summed E-state index contributed by atoms with van der Waals surface area (Å²) in [5, 5.41) is 0. The van der Waals surface area contributed by atoms with Crippen molar-refractivity contribution < 1.29 is 4.74 Å². The average Bonchev–Trinajstić information content (AvgIpc) is 2.71. The summed E-state index contributed by atoms with van der Waals surface area (Å²) < 4.78 is 5.14. The summed E-state index contributed by atoms with van der Waals surface area (Å²) >= 11 is 0. The van der Waals surface area contributed by atoms with E-state index in [0.29, 0.717) is 11.4 Å². The lowest BCUT2D eigenvalue weighted by atomic mass is 10.1.